The fourth-order valence-electron chi connectivity index (χ4n) is 0.756. The third kappa shape index (κ3) is 1.95. The zero-order chi connectivity index (χ0) is 8.97. The minimum Gasteiger partial charge on any atom is -0.711 e. The van der Waals surface area contributed by atoms with Crippen LogP contribution in [0.2, 0.25) is 0 Å². The Balaban J connectivity index is 2.75. The number of pyridine rings is 1. The third-order valence-electron chi connectivity index (χ3n) is 1.41. The first-order valence-corrected chi connectivity index (χ1v) is 3.72. The Bertz CT molecular complexity index is 286. The van der Waals surface area contributed by atoms with Crippen molar-refractivity contribution in [2.45, 2.75) is 13.3 Å². The summed E-state index contributed by atoms with van der Waals surface area (Å²) in [5, 5.41) is 13.4. The fourth-order valence-corrected chi connectivity index (χ4v) is 0.756. The topological polar surface area (TPSA) is 56.0 Å². The zero-order valence-electron chi connectivity index (χ0n) is 6.78. The summed E-state index contributed by atoms with van der Waals surface area (Å²) in [6, 6.07) is 4.86. The molecule has 0 aliphatic carbocycles. The van der Waals surface area contributed by atoms with Gasteiger partial charge in [0, 0.05) is 12.5 Å². The third-order valence-corrected chi connectivity index (χ3v) is 1.41. The number of aromatic nitrogens is 1. The van der Waals surface area contributed by atoms with Crippen molar-refractivity contribution in [3.63, 3.8) is 0 Å². The van der Waals surface area contributed by atoms with Crippen LogP contribution in [0.5, 0.6) is 0 Å². The van der Waals surface area contributed by atoms with Crippen molar-refractivity contribution in [2.24, 2.45) is 0 Å². The van der Waals surface area contributed by atoms with Crippen LogP contribution in [-0.2, 0) is 4.79 Å². The Morgan fingerprint density at radius 1 is 1.67 bits per heavy atom. The number of hydrogen-bond acceptors (Lipinski definition) is 2. The molecule has 1 aromatic heterocycles. The van der Waals surface area contributed by atoms with Gasteiger partial charge >= 0.3 is 5.91 Å². The van der Waals surface area contributed by atoms with Crippen LogP contribution in [0.4, 0.5) is 5.82 Å². The number of hydrogen-bond donors (Lipinski definition) is 1. The van der Waals surface area contributed by atoms with Gasteiger partial charge in [-0.25, -0.2) is 14.8 Å². The highest BCUT2D eigenvalue weighted by Crippen LogP contribution is 1.97. The fraction of sp³-hybridized carbons (Fsp3) is 0.250. The van der Waals surface area contributed by atoms with Crippen molar-refractivity contribution < 1.29 is 9.52 Å². The quantitative estimate of drug-likeness (QED) is 0.518. The second-order valence-electron chi connectivity index (χ2n) is 2.31. The van der Waals surface area contributed by atoms with Gasteiger partial charge < -0.3 is 5.21 Å². The van der Waals surface area contributed by atoms with Gasteiger partial charge in [-0.15, -0.1) is 0 Å². The number of anilines is 1. The summed E-state index contributed by atoms with van der Waals surface area (Å²) in [4.78, 5) is 10.9. The van der Waals surface area contributed by atoms with Crippen LogP contribution in [0, 0.1) is 5.21 Å². The van der Waals surface area contributed by atoms with E-state index in [1.165, 1.54) is 6.20 Å². The van der Waals surface area contributed by atoms with Crippen LogP contribution < -0.4 is 10.0 Å². The smallest absolute Gasteiger partial charge is 0.307 e. The lowest BCUT2D eigenvalue weighted by Crippen LogP contribution is -2.31. The van der Waals surface area contributed by atoms with Crippen molar-refractivity contribution in [3.05, 3.63) is 29.6 Å². The van der Waals surface area contributed by atoms with Gasteiger partial charge in [0.2, 0.25) is 0 Å². The van der Waals surface area contributed by atoms with Gasteiger partial charge in [-0.05, 0) is 6.07 Å². The van der Waals surface area contributed by atoms with Crippen LogP contribution in [0.25, 0.3) is 0 Å². The highest BCUT2D eigenvalue weighted by Gasteiger charge is 2.06. The molecule has 0 unspecified atom stereocenters. The van der Waals surface area contributed by atoms with Crippen molar-refractivity contribution in [1.29, 1.82) is 0 Å². The van der Waals surface area contributed by atoms with Crippen LogP contribution in [0.15, 0.2) is 24.4 Å². The lowest BCUT2D eigenvalue weighted by Gasteiger charge is -2.05. The van der Waals surface area contributed by atoms with Gasteiger partial charge in [0.25, 0.3) is 5.82 Å². The van der Waals surface area contributed by atoms with Crippen LogP contribution in [-0.4, -0.2) is 5.91 Å². The van der Waals surface area contributed by atoms with E-state index < -0.39 is 0 Å². The van der Waals surface area contributed by atoms with E-state index in [0.29, 0.717) is 11.2 Å². The Hall–Kier alpha value is -1.58. The van der Waals surface area contributed by atoms with E-state index in [9.17, 15) is 10.0 Å². The molecule has 0 radical (unpaired) electrons. The SMILES string of the molecule is CCC(=O)Nc1cccc[n+]1[O-]. The maximum absolute atomic E-state index is 11.0. The molecular weight excluding hydrogens is 156 g/mol. The molecule has 1 amide bonds. The van der Waals surface area contributed by atoms with Gasteiger partial charge in [-0.3, -0.25) is 0 Å². The molecule has 0 spiro atoms. The molecule has 1 rings (SSSR count). The minimum absolute atomic E-state index is 0.161. The van der Waals surface area contributed by atoms with E-state index in [4.69, 9.17) is 0 Å². The first kappa shape index (κ1) is 8.52. The molecule has 4 heteroatoms. The molecule has 12 heavy (non-hydrogen) atoms. The molecule has 0 atom stereocenters. The number of nitrogens with zero attached hydrogens (tertiary/aromatic N) is 1. The molecule has 4 nitrogen and oxygen atoms in total. The lowest BCUT2D eigenvalue weighted by atomic mass is 10.4. The van der Waals surface area contributed by atoms with E-state index in [2.05, 4.69) is 5.32 Å². The van der Waals surface area contributed by atoms with Crippen molar-refractivity contribution in [2.75, 3.05) is 5.32 Å². The number of carbonyl (C=O) groups excluding carboxylic acids is 1. The Kier molecular flexibility index (Phi) is 2.63. The summed E-state index contributed by atoms with van der Waals surface area (Å²) < 4.78 is 0.619. The molecular formula is C8H10N2O2. The molecule has 1 N–H and O–H groups in total. The van der Waals surface area contributed by atoms with Gasteiger partial charge in [-0.2, -0.15) is 0 Å². The van der Waals surface area contributed by atoms with E-state index in [1.807, 2.05) is 0 Å². The molecule has 64 valence electrons. The highest BCUT2D eigenvalue weighted by molar-refractivity contribution is 5.88. The molecule has 0 saturated heterocycles. The molecule has 0 saturated carbocycles. The summed E-state index contributed by atoms with van der Waals surface area (Å²) in [6.07, 6.45) is 1.71. The summed E-state index contributed by atoms with van der Waals surface area (Å²) in [7, 11) is 0. The maximum Gasteiger partial charge on any atom is 0.307 e. The minimum atomic E-state index is -0.161. The normalized spacial score (nSPS) is 9.42. The second-order valence-corrected chi connectivity index (χ2v) is 2.31. The molecule has 1 heterocycles. The van der Waals surface area contributed by atoms with Crippen LogP contribution >= 0.6 is 0 Å². The summed E-state index contributed by atoms with van der Waals surface area (Å²) in [6.45, 7) is 1.73. The molecule has 1 aromatic rings. The van der Waals surface area contributed by atoms with Crippen LogP contribution in [0.1, 0.15) is 13.3 Å². The van der Waals surface area contributed by atoms with Crippen molar-refractivity contribution in [3.8, 4) is 0 Å². The monoisotopic (exact) mass is 166 g/mol. The standard InChI is InChI=1S/C8H10N2O2/c1-2-8(11)9-7-5-3-4-6-10(7)12/h3-6H,2H2,1H3,(H,9,11). The van der Waals surface area contributed by atoms with E-state index in [0.717, 1.165) is 0 Å². The lowest BCUT2D eigenvalue weighted by molar-refractivity contribution is -0.590. The van der Waals surface area contributed by atoms with Gasteiger partial charge in [0.1, 0.15) is 0 Å². The summed E-state index contributed by atoms with van der Waals surface area (Å²) >= 11 is 0. The Labute approximate surface area is 70.4 Å². The highest BCUT2D eigenvalue weighted by atomic mass is 16.5. The Morgan fingerprint density at radius 2 is 2.42 bits per heavy atom. The Morgan fingerprint density at radius 3 is 3.00 bits per heavy atom. The van der Waals surface area contributed by atoms with Crippen molar-refractivity contribution >= 4 is 11.7 Å². The summed E-state index contributed by atoms with van der Waals surface area (Å²) in [5.41, 5.74) is 0. The first-order chi connectivity index (χ1) is 5.74. The number of amides is 1. The van der Waals surface area contributed by atoms with Gasteiger partial charge in [0.15, 0.2) is 0 Å². The largest absolute Gasteiger partial charge is 0.711 e. The summed E-state index contributed by atoms with van der Waals surface area (Å²) in [5.74, 6) is 0.107. The van der Waals surface area contributed by atoms with Crippen molar-refractivity contribution in [1.82, 2.24) is 0 Å². The number of nitrogens with one attached hydrogen (secondary N) is 1. The van der Waals surface area contributed by atoms with E-state index >= 15 is 0 Å². The average Bonchev–Trinajstić information content (AvgIpc) is 2.09. The molecule has 0 bridgehead atoms. The number of carbonyl (C=O) groups is 1. The molecule has 0 aliphatic rings. The van der Waals surface area contributed by atoms with Gasteiger partial charge in [0.05, 0.1) is 6.20 Å². The maximum atomic E-state index is 11.0. The van der Waals surface area contributed by atoms with E-state index in [-0.39, 0.29) is 11.7 Å². The molecule has 0 aliphatic heterocycles. The zero-order valence-corrected chi connectivity index (χ0v) is 6.78. The first-order valence-electron chi connectivity index (χ1n) is 3.72. The molecule has 0 fully saturated rings. The molecule has 0 aromatic carbocycles. The van der Waals surface area contributed by atoms with E-state index in [1.54, 1.807) is 25.1 Å². The second kappa shape index (κ2) is 3.71. The van der Waals surface area contributed by atoms with Crippen LogP contribution in [0.3, 0.4) is 0 Å². The number of rotatable bonds is 2. The predicted molar refractivity (Wildman–Crippen MR) is 44.3 cm³/mol. The van der Waals surface area contributed by atoms with Gasteiger partial charge in [-0.1, -0.05) is 13.0 Å². The average molecular weight is 166 g/mol. The predicted octanol–water partition coefficient (Wildman–Crippen LogP) is 0.668.